The molecule has 0 amide bonds. The summed E-state index contributed by atoms with van der Waals surface area (Å²) in [6, 6.07) is 15.0. The molecule has 0 aliphatic carbocycles. The van der Waals surface area contributed by atoms with E-state index in [0.717, 1.165) is 11.1 Å². The maximum Gasteiger partial charge on any atom is 0.329 e. The van der Waals surface area contributed by atoms with Gasteiger partial charge in [-0.15, -0.1) is 0 Å². The van der Waals surface area contributed by atoms with Gasteiger partial charge in [-0.3, -0.25) is 14.3 Å². The van der Waals surface area contributed by atoms with Crippen molar-refractivity contribution in [3.63, 3.8) is 0 Å². The number of fused-ring (bicyclic) bond motifs is 1. The Bertz CT molecular complexity index is 1410. The van der Waals surface area contributed by atoms with Gasteiger partial charge in [0.1, 0.15) is 18.5 Å². The minimum Gasteiger partial charge on any atom is -0.491 e. The number of aromatic nitrogens is 4. The van der Waals surface area contributed by atoms with Crippen LogP contribution in [0, 0.1) is 6.92 Å². The molecule has 0 radical (unpaired) electrons. The number of ether oxygens (including phenoxy) is 1. The summed E-state index contributed by atoms with van der Waals surface area (Å²) in [4.78, 5) is 31.6. The predicted molar refractivity (Wildman–Crippen MR) is 129 cm³/mol. The van der Waals surface area contributed by atoms with Crippen LogP contribution < -0.4 is 16.0 Å². The van der Waals surface area contributed by atoms with Gasteiger partial charge >= 0.3 is 5.69 Å². The molecule has 4 aromatic rings. The van der Waals surface area contributed by atoms with Crippen LogP contribution in [-0.2, 0) is 19.3 Å². The topological polar surface area (TPSA) is 102 Å². The molecule has 0 bridgehead atoms. The fraction of sp³-hybridized carbons (Fsp3) is 0.261. The summed E-state index contributed by atoms with van der Waals surface area (Å²) >= 11 is 7.65. The number of rotatable bonds is 8. The summed E-state index contributed by atoms with van der Waals surface area (Å²) in [6.07, 6.45) is -0.918. The predicted octanol–water partition coefficient (Wildman–Crippen LogP) is 3.12. The fourth-order valence-electron chi connectivity index (χ4n) is 3.42. The Morgan fingerprint density at radius 1 is 1.18 bits per heavy atom. The van der Waals surface area contributed by atoms with Crippen LogP contribution in [-0.4, -0.2) is 36.9 Å². The molecule has 0 saturated carbocycles. The molecule has 2 aromatic carbocycles. The lowest BCUT2D eigenvalue weighted by atomic mass is 10.2. The Balaban J connectivity index is 1.64. The number of aromatic amines is 1. The summed E-state index contributed by atoms with van der Waals surface area (Å²) in [6.45, 7) is 2.02. The Morgan fingerprint density at radius 2 is 1.91 bits per heavy atom. The van der Waals surface area contributed by atoms with Crippen LogP contribution in [0.25, 0.3) is 11.2 Å². The van der Waals surface area contributed by atoms with Crippen molar-refractivity contribution in [3.8, 4) is 5.75 Å². The molecule has 0 unspecified atom stereocenters. The second kappa shape index (κ2) is 9.86. The summed E-state index contributed by atoms with van der Waals surface area (Å²) in [5.74, 6) is 1.19. The Labute approximate surface area is 198 Å². The van der Waals surface area contributed by atoms with Crippen LogP contribution in [0.1, 0.15) is 11.1 Å². The first-order valence-corrected chi connectivity index (χ1v) is 11.6. The monoisotopic (exact) mass is 486 g/mol. The highest BCUT2D eigenvalue weighted by Crippen LogP contribution is 2.28. The molecule has 0 saturated heterocycles. The largest absolute Gasteiger partial charge is 0.491 e. The van der Waals surface area contributed by atoms with Gasteiger partial charge < -0.3 is 14.4 Å². The number of halogens is 1. The first-order valence-electron chi connectivity index (χ1n) is 10.3. The van der Waals surface area contributed by atoms with E-state index in [1.165, 1.54) is 23.4 Å². The summed E-state index contributed by atoms with van der Waals surface area (Å²) in [5.41, 5.74) is 1.22. The average molecular weight is 487 g/mol. The van der Waals surface area contributed by atoms with Gasteiger partial charge in [-0.1, -0.05) is 59.8 Å². The molecule has 0 fully saturated rings. The summed E-state index contributed by atoms with van der Waals surface area (Å²) in [5, 5.41) is 11.8. The molecule has 1 atom stereocenters. The number of hydrogen-bond donors (Lipinski definition) is 2. The molecule has 0 spiro atoms. The van der Waals surface area contributed by atoms with E-state index >= 15 is 0 Å². The third-order valence-electron chi connectivity index (χ3n) is 5.20. The molecule has 2 heterocycles. The van der Waals surface area contributed by atoms with Gasteiger partial charge in [-0.25, -0.2) is 9.78 Å². The zero-order valence-electron chi connectivity index (χ0n) is 18.1. The molecule has 8 nitrogen and oxygen atoms in total. The second-order valence-corrected chi connectivity index (χ2v) is 8.96. The minimum atomic E-state index is -0.918. The molecule has 4 rings (SSSR count). The molecule has 0 aliphatic rings. The number of nitrogens with zero attached hydrogens (tertiary/aromatic N) is 3. The van der Waals surface area contributed by atoms with E-state index < -0.39 is 17.4 Å². The number of aryl methyl sites for hydroxylation is 2. The van der Waals surface area contributed by atoms with E-state index in [0.29, 0.717) is 21.7 Å². The SMILES string of the molecule is Cc1ccccc1OC[C@@H](O)Cn1c(SCc2ccccc2Cl)nc2c1c(=O)[nH]c(=O)n2C. The minimum absolute atomic E-state index is 0.0306. The molecule has 2 aromatic heterocycles. The molecule has 10 heteroatoms. The quantitative estimate of drug-likeness (QED) is 0.371. The molecule has 172 valence electrons. The number of nitrogens with one attached hydrogen (secondary N) is 1. The maximum absolute atomic E-state index is 12.6. The lowest BCUT2D eigenvalue weighted by Crippen LogP contribution is -2.30. The first-order chi connectivity index (χ1) is 15.8. The van der Waals surface area contributed by atoms with Gasteiger partial charge in [0.05, 0.1) is 6.54 Å². The van der Waals surface area contributed by atoms with Gasteiger partial charge in [0.2, 0.25) is 0 Å². The van der Waals surface area contributed by atoms with Crippen molar-refractivity contribution >= 4 is 34.5 Å². The summed E-state index contributed by atoms with van der Waals surface area (Å²) < 4.78 is 8.67. The van der Waals surface area contributed by atoms with Crippen LogP contribution in [0.4, 0.5) is 0 Å². The Kier molecular flexibility index (Phi) is 6.92. The highest BCUT2D eigenvalue weighted by Gasteiger charge is 2.20. The lowest BCUT2D eigenvalue weighted by molar-refractivity contribution is 0.0910. The summed E-state index contributed by atoms with van der Waals surface area (Å²) in [7, 11) is 1.54. The first kappa shape index (κ1) is 23.2. The van der Waals surface area contributed by atoms with E-state index in [1.807, 2.05) is 55.5 Å². The average Bonchev–Trinajstić information content (AvgIpc) is 3.15. The number of aliphatic hydroxyl groups is 1. The number of para-hydroxylation sites is 1. The van der Waals surface area contributed by atoms with Crippen LogP contribution in [0.5, 0.6) is 5.75 Å². The number of H-pyrrole nitrogens is 1. The van der Waals surface area contributed by atoms with Crippen molar-refractivity contribution in [1.82, 2.24) is 19.1 Å². The fourth-order valence-corrected chi connectivity index (χ4v) is 4.71. The van der Waals surface area contributed by atoms with Crippen LogP contribution >= 0.6 is 23.4 Å². The number of hydrogen-bond acceptors (Lipinski definition) is 6. The van der Waals surface area contributed by atoms with Crippen LogP contribution in [0.3, 0.4) is 0 Å². The van der Waals surface area contributed by atoms with Crippen molar-refractivity contribution < 1.29 is 9.84 Å². The highest BCUT2D eigenvalue weighted by molar-refractivity contribution is 7.98. The van der Waals surface area contributed by atoms with Crippen molar-refractivity contribution in [1.29, 1.82) is 0 Å². The van der Waals surface area contributed by atoms with Gasteiger partial charge in [-0.2, -0.15) is 0 Å². The number of imidazole rings is 1. The zero-order valence-corrected chi connectivity index (χ0v) is 19.7. The molecular formula is C23H23ClN4O4S. The van der Waals surface area contributed by atoms with E-state index in [-0.39, 0.29) is 24.3 Å². The highest BCUT2D eigenvalue weighted by atomic mass is 35.5. The van der Waals surface area contributed by atoms with Crippen molar-refractivity contribution in [2.24, 2.45) is 7.05 Å². The maximum atomic E-state index is 12.6. The Hall–Kier alpha value is -3.01. The molecule has 0 aliphatic heterocycles. The van der Waals surface area contributed by atoms with E-state index in [1.54, 1.807) is 4.57 Å². The number of thioether (sulfide) groups is 1. The van der Waals surface area contributed by atoms with Crippen molar-refractivity contribution in [2.45, 2.75) is 30.5 Å². The number of benzene rings is 2. The normalized spacial score (nSPS) is 12.2. The zero-order chi connectivity index (χ0) is 23.5. The van der Waals surface area contributed by atoms with E-state index in [2.05, 4.69) is 9.97 Å². The standard InChI is InChI=1S/C23H23ClN4O4S/c1-14-7-3-6-10-18(14)32-12-16(29)11-28-19-20(27(2)22(31)26-21(19)30)25-23(28)33-13-15-8-4-5-9-17(15)24/h3-10,16,29H,11-13H2,1-2H3,(H,26,30,31)/t16-/m0/s1. The van der Waals surface area contributed by atoms with Gasteiger partial charge in [0.15, 0.2) is 16.3 Å². The van der Waals surface area contributed by atoms with Gasteiger partial charge in [0.25, 0.3) is 5.56 Å². The van der Waals surface area contributed by atoms with Crippen molar-refractivity contribution in [3.05, 3.63) is 85.5 Å². The Morgan fingerprint density at radius 3 is 2.67 bits per heavy atom. The molecule has 2 N–H and O–H groups in total. The smallest absolute Gasteiger partial charge is 0.329 e. The van der Waals surface area contributed by atoms with Gasteiger partial charge in [-0.05, 0) is 30.2 Å². The third-order valence-corrected chi connectivity index (χ3v) is 6.60. The lowest BCUT2D eigenvalue weighted by Gasteiger charge is -2.16. The van der Waals surface area contributed by atoms with Crippen molar-refractivity contribution in [2.75, 3.05) is 6.61 Å². The van der Waals surface area contributed by atoms with Crippen LogP contribution in [0.15, 0.2) is 63.3 Å². The second-order valence-electron chi connectivity index (χ2n) is 7.61. The number of aliphatic hydroxyl groups excluding tert-OH is 1. The van der Waals surface area contributed by atoms with Gasteiger partial charge in [0, 0.05) is 17.8 Å². The third kappa shape index (κ3) is 5.00. The van der Waals surface area contributed by atoms with E-state index in [9.17, 15) is 14.7 Å². The molecular weight excluding hydrogens is 464 g/mol. The van der Waals surface area contributed by atoms with E-state index in [4.69, 9.17) is 16.3 Å². The molecule has 33 heavy (non-hydrogen) atoms. The van der Waals surface area contributed by atoms with Crippen LogP contribution in [0.2, 0.25) is 5.02 Å².